The summed E-state index contributed by atoms with van der Waals surface area (Å²) in [7, 11) is 0. The zero-order valence-electron chi connectivity index (χ0n) is 20.9. The van der Waals surface area contributed by atoms with Crippen molar-refractivity contribution in [2.45, 2.75) is 24.9 Å². The Morgan fingerprint density at radius 1 is 0.974 bits per heavy atom. The zero-order valence-corrected chi connectivity index (χ0v) is 20.9. The number of nitrogens with zero attached hydrogens (tertiary/aromatic N) is 1. The van der Waals surface area contributed by atoms with E-state index in [0.717, 1.165) is 4.90 Å². The first kappa shape index (κ1) is 24.6. The van der Waals surface area contributed by atoms with Crippen molar-refractivity contribution in [3.05, 3.63) is 83.4 Å². The van der Waals surface area contributed by atoms with E-state index in [1.807, 2.05) is 0 Å². The van der Waals surface area contributed by atoms with E-state index < -0.39 is 47.1 Å². The molecule has 3 aliphatic heterocycles. The van der Waals surface area contributed by atoms with Gasteiger partial charge in [0.1, 0.15) is 5.54 Å². The Labute approximate surface area is 223 Å². The number of rotatable bonds is 5. The molecule has 4 atom stereocenters. The van der Waals surface area contributed by atoms with Crippen LogP contribution in [0.2, 0.25) is 0 Å². The van der Waals surface area contributed by atoms with Gasteiger partial charge in [0, 0.05) is 17.3 Å². The Balaban J connectivity index is 1.42. The van der Waals surface area contributed by atoms with Gasteiger partial charge in [-0.05, 0) is 61.4 Å². The maximum absolute atomic E-state index is 14.1. The molecule has 2 fully saturated rings. The molecule has 2 saturated heterocycles. The number of hydrogen-bond donors (Lipinski definition) is 4. The van der Waals surface area contributed by atoms with Gasteiger partial charge in [-0.1, -0.05) is 24.3 Å². The third kappa shape index (κ3) is 3.59. The topological polar surface area (TPSA) is 145 Å². The minimum Gasteiger partial charge on any atom is -0.504 e. The van der Waals surface area contributed by atoms with Crippen molar-refractivity contribution in [2.75, 3.05) is 16.8 Å². The van der Waals surface area contributed by atoms with Crippen molar-refractivity contribution in [2.24, 2.45) is 11.8 Å². The fraction of sp³-hybridized carbons (Fsp3) is 0.241. The molecular formula is C29H25N3O7. The molecule has 3 heterocycles. The monoisotopic (exact) mass is 527 g/mol. The number of amides is 3. The Kier molecular flexibility index (Phi) is 5.65. The molecule has 1 spiro atoms. The van der Waals surface area contributed by atoms with Gasteiger partial charge in [0.25, 0.3) is 0 Å². The van der Waals surface area contributed by atoms with Crippen molar-refractivity contribution < 1.29 is 34.1 Å². The van der Waals surface area contributed by atoms with E-state index in [1.54, 1.807) is 37.3 Å². The number of hydrogen-bond acceptors (Lipinski definition) is 8. The number of carbonyl (C=O) groups is 4. The average molecular weight is 528 g/mol. The summed E-state index contributed by atoms with van der Waals surface area (Å²) in [6, 6.07) is 16.8. The molecule has 0 aliphatic carbocycles. The molecule has 10 nitrogen and oxygen atoms in total. The van der Waals surface area contributed by atoms with Crippen molar-refractivity contribution in [1.82, 2.24) is 5.32 Å². The summed E-state index contributed by atoms with van der Waals surface area (Å²) in [6.45, 7) is 1.91. The number of fused-ring (bicyclic) bond motifs is 4. The van der Waals surface area contributed by atoms with Crippen LogP contribution in [0.3, 0.4) is 0 Å². The third-order valence-electron chi connectivity index (χ3n) is 7.75. The minimum atomic E-state index is -1.47. The van der Waals surface area contributed by atoms with Crippen LogP contribution in [-0.2, 0) is 31.1 Å². The number of nitrogens with one attached hydrogen (secondary N) is 2. The highest BCUT2D eigenvalue weighted by Gasteiger charge is 2.70. The van der Waals surface area contributed by atoms with Gasteiger partial charge in [-0.15, -0.1) is 0 Å². The fourth-order valence-electron chi connectivity index (χ4n) is 6.10. The highest BCUT2D eigenvalue weighted by Crippen LogP contribution is 2.53. The molecule has 10 heteroatoms. The van der Waals surface area contributed by atoms with E-state index >= 15 is 0 Å². The lowest BCUT2D eigenvalue weighted by atomic mass is 9.76. The van der Waals surface area contributed by atoms with Crippen LogP contribution in [0.25, 0.3) is 0 Å². The van der Waals surface area contributed by atoms with E-state index in [1.165, 1.54) is 36.4 Å². The number of esters is 1. The molecule has 3 aromatic rings. The predicted molar refractivity (Wildman–Crippen MR) is 139 cm³/mol. The first-order valence-electron chi connectivity index (χ1n) is 12.6. The number of ether oxygens (including phenoxy) is 1. The number of phenolic OH excluding ortho intramolecular Hbond substituents is 2. The second-order valence-electron chi connectivity index (χ2n) is 9.87. The number of para-hydroxylation sites is 1. The van der Waals surface area contributed by atoms with Crippen molar-refractivity contribution in [1.29, 1.82) is 0 Å². The highest BCUT2D eigenvalue weighted by molar-refractivity contribution is 6.25. The van der Waals surface area contributed by atoms with E-state index in [4.69, 9.17) is 4.74 Å². The van der Waals surface area contributed by atoms with Crippen LogP contribution in [0, 0.1) is 11.8 Å². The Hall–Kier alpha value is -4.70. The molecule has 4 unspecified atom stereocenters. The third-order valence-corrected chi connectivity index (χ3v) is 7.75. The Morgan fingerprint density at radius 2 is 1.72 bits per heavy atom. The lowest BCUT2D eigenvalue weighted by molar-refractivity contribution is -0.130. The van der Waals surface area contributed by atoms with Gasteiger partial charge in [0.15, 0.2) is 11.5 Å². The number of benzene rings is 3. The number of aromatic hydroxyl groups is 2. The van der Waals surface area contributed by atoms with Crippen molar-refractivity contribution in [3.8, 4) is 11.5 Å². The molecule has 39 heavy (non-hydrogen) atoms. The van der Waals surface area contributed by atoms with Gasteiger partial charge in [0.2, 0.25) is 17.7 Å². The summed E-state index contributed by atoms with van der Waals surface area (Å²) in [5.74, 6) is -4.44. The predicted octanol–water partition coefficient (Wildman–Crippen LogP) is 2.44. The molecule has 198 valence electrons. The summed E-state index contributed by atoms with van der Waals surface area (Å²) in [6.07, 6.45) is 0.209. The van der Waals surface area contributed by atoms with Gasteiger partial charge in [-0.25, -0.2) is 9.69 Å². The van der Waals surface area contributed by atoms with Crippen LogP contribution in [0.15, 0.2) is 66.7 Å². The molecule has 6 rings (SSSR count). The fourth-order valence-corrected chi connectivity index (χ4v) is 6.10. The van der Waals surface area contributed by atoms with Gasteiger partial charge in [-0.2, -0.15) is 0 Å². The maximum atomic E-state index is 14.1. The summed E-state index contributed by atoms with van der Waals surface area (Å²) in [4.78, 5) is 54.8. The quantitative estimate of drug-likeness (QED) is 0.225. The Bertz CT molecular complexity index is 1540. The van der Waals surface area contributed by atoms with Crippen LogP contribution in [0.5, 0.6) is 11.5 Å². The van der Waals surface area contributed by atoms with Crippen LogP contribution < -0.4 is 15.5 Å². The number of carbonyl (C=O) groups excluding carboxylic acids is 4. The van der Waals surface area contributed by atoms with E-state index in [9.17, 15) is 29.4 Å². The second-order valence-corrected chi connectivity index (χ2v) is 9.87. The second kappa shape index (κ2) is 8.95. The SMILES string of the molecule is CCOC(=O)c1ccc(N2C(=O)C3C(Cc4ccc(O)c(O)c4)NC4(C(=O)Nc5ccccc54)C3C2=O)cc1. The molecule has 0 radical (unpaired) electrons. The number of anilines is 2. The summed E-state index contributed by atoms with van der Waals surface area (Å²) < 4.78 is 5.02. The first-order valence-corrected chi connectivity index (χ1v) is 12.6. The normalized spacial score (nSPS) is 25.1. The molecule has 3 aromatic carbocycles. The Morgan fingerprint density at radius 3 is 2.44 bits per heavy atom. The maximum Gasteiger partial charge on any atom is 0.338 e. The van der Waals surface area contributed by atoms with Gasteiger partial charge in [-0.3, -0.25) is 19.7 Å². The average Bonchev–Trinajstić information content (AvgIpc) is 3.50. The van der Waals surface area contributed by atoms with Crippen LogP contribution in [0.1, 0.15) is 28.4 Å². The highest BCUT2D eigenvalue weighted by atomic mass is 16.5. The lowest BCUT2D eigenvalue weighted by Crippen LogP contribution is -2.53. The molecule has 4 N–H and O–H groups in total. The largest absolute Gasteiger partial charge is 0.504 e. The van der Waals surface area contributed by atoms with E-state index in [0.29, 0.717) is 16.8 Å². The van der Waals surface area contributed by atoms with Gasteiger partial charge < -0.3 is 20.3 Å². The van der Waals surface area contributed by atoms with Crippen LogP contribution in [0.4, 0.5) is 11.4 Å². The van der Waals surface area contributed by atoms with Crippen LogP contribution in [-0.4, -0.2) is 46.6 Å². The standard InChI is InChI=1S/C29H25N3O7/c1-2-39-27(37)16-8-10-17(11-9-16)32-25(35)23-20(13-15-7-12-21(33)22(34)14-15)31-29(24(23)26(32)36)18-5-3-4-6-19(18)30-28(29)38/h3-12,14,20,23-24,31,33-34H,2,13H2,1H3,(H,30,38). The summed E-state index contributed by atoms with van der Waals surface area (Å²) >= 11 is 0. The molecule has 3 amide bonds. The molecule has 0 saturated carbocycles. The molecule has 3 aliphatic rings. The lowest BCUT2D eigenvalue weighted by Gasteiger charge is -2.29. The van der Waals surface area contributed by atoms with E-state index in [2.05, 4.69) is 10.6 Å². The van der Waals surface area contributed by atoms with Crippen LogP contribution >= 0.6 is 0 Å². The van der Waals surface area contributed by atoms with Crippen molar-refractivity contribution in [3.63, 3.8) is 0 Å². The van der Waals surface area contributed by atoms with E-state index in [-0.39, 0.29) is 35.8 Å². The first-order chi connectivity index (χ1) is 18.8. The van der Waals surface area contributed by atoms with Gasteiger partial charge in [0.05, 0.1) is 29.7 Å². The molecule has 0 bridgehead atoms. The van der Waals surface area contributed by atoms with Crippen molar-refractivity contribution >= 4 is 35.1 Å². The van der Waals surface area contributed by atoms with Gasteiger partial charge >= 0.3 is 5.97 Å². The summed E-state index contributed by atoms with van der Waals surface area (Å²) in [5, 5.41) is 26.0. The minimum absolute atomic E-state index is 0.209. The molecular weight excluding hydrogens is 502 g/mol. The zero-order chi connectivity index (χ0) is 27.5. The number of imide groups is 1. The number of phenols is 2. The smallest absolute Gasteiger partial charge is 0.338 e. The molecule has 0 aromatic heterocycles. The summed E-state index contributed by atoms with van der Waals surface area (Å²) in [5.41, 5.74) is 0.859.